The van der Waals surface area contributed by atoms with Crippen LogP contribution in [0.15, 0.2) is 54.9 Å². The monoisotopic (exact) mass is 377 g/mol. The van der Waals surface area contributed by atoms with E-state index in [4.69, 9.17) is 0 Å². The standard InChI is InChI=1S/C22H23N3O3/c1-14-10-24-9-5-8-16(20(24)23-14)21(28)25-11-18(27)22(13-25)17(12-26)19(22)15-6-3-2-4-7-15/h2-10,17-19,26-27H,11-13H2,1H3/t17-,18-,19-,22-/m1/s1. The summed E-state index contributed by atoms with van der Waals surface area (Å²) in [4.78, 5) is 19.5. The molecule has 1 saturated heterocycles. The summed E-state index contributed by atoms with van der Waals surface area (Å²) >= 11 is 0. The van der Waals surface area contributed by atoms with E-state index in [1.165, 1.54) is 0 Å². The summed E-state index contributed by atoms with van der Waals surface area (Å²) in [6.07, 6.45) is 3.11. The van der Waals surface area contributed by atoms with Crippen LogP contribution in [0.5, 0.6) is 0 Å². The first-order valence-electron chi connectivity index (χ1n) is 9.63. The number of pyridine rings is 1. The van der Waals surface area contributed by atoms with E-state index in [9.17, 15) is 15.0 Å². The molecule has 2 fully saturated rings. The van der Waals surface area contributed by atoms with Gasteiger partial charge in [-0.3, -0.25) is 4.79 Å². The molecule has 0 unspecified atom stereocenters. The summed E-state index contributed by atoms with van der Waals surface area (Å²) < 4.78 is 1.85. The number of rotatable bonds is 3. The highest BCUT2D eigenvalue weighted by Gasteiger charge is 2.71. The van der Waals surface area contributed by atoms with Gasteiger partial charge in [0, 0.05) is 37.5 Å². The molecule has 4 atom stereocenters. The van der Waals surface area contributed by atoms with E-state index in [2.05, 4.69) is 4.98 Å². The predicted molar refractivity (Wildman–Crippen MR) is 104 cm³/mol. The van der Waals surface area contributed by atoms with Gasteiger partial charge in [0.05, 0.1) is 17.4 Å². The molecule has 0 bridgehead atoms. The average Bonchev–Trinajstić information content (AvgIpc) is 2.98. The predicted octanol–water partition coefficient (Wildman–Crippen LogP) is 1.85. The first-order valence-corrected chi connectivity index (χ1v) is 9.63. The van der Waals surface area contributed by atoms with Crippen LogP contribution in [0.3, 0.4) is 0 Å². The number of benzene rings is 1. The van der Waals surface area contributed by atoms with Crippen molar-refractivity contribution >= 4 is 11.6 Å². The highest BCUT2D eigenvalue weighted by Crippen LogP contribution is 2.68. The van der Waals surface area contributed by atoms with Crippen LogP contribution in [-0.2, 0) is 0 Å². The molecule has 5 rings (SSSR count). The van der Waals surface area contributed by atoms with Crippen LogP contribution in [0.2, 0.25) is 0 Å². The number of aryl methyl sites for hydroxylation is 1. The normalized spacial score (nSPS) is 29.0. The fraction of sp³-hybridized carbons (Fsp3) is 0.364. The Balaban J connectivity index is 1.47. The Bertz CT molecular complexity index is 1050. The third-order valence-electron chi connectivity index (χ3n) is 6.52. The minimum atomic E-state index is -0.653. The number of β-amino-alcohol motifs (C(OH)–C–C–N with tert-alkyl or cyclic N) is 1. The number of fused-ring (bicyclic) bond motifs is 1. The van der Waals surface area contributed by atoms with Crippen LogP contribution in [0.1, 0.15) is 27.5 Å². The summed E-state index contributed by atoms with van der Waals surface area (Å²) in [6.45, 7) is 2.63. The fourth-order valence-electron chi connectivity index (χ4n) is 5.20. The maximum absolute atomic E-state index is 13.3. The third kappa shape index (κ3) is 2.34. The number of hydrogen-bond donors (Lipinski definition) is 2. The minimum Gasteiger partial charge on any atom is -0.396 e. The summed E-state index contributed by atoms with van der Waals surface area (Å²) in [5.74, 6) is -0.0920. The van der Waals surface area contributed by atoms with Crippen molar-refractivity contribution in [2.45, 2.75) is 18.9 Å². The number of nitrogens with zero attached hydrogens (tertiary/aromatic N) is 3. The molecule has 6 heteroatoms. The zero-order valence-corrected chi connectivity index (χ0v) is 15.7. The van der Waals surface area contributed by atoms with Gasteiger partial charge in [-0.25, -0.2) is 4.98 Å². The lowest BCUT2D eigenvalue weighted by Gasteiger charge is -2.17. The molecule has 6 nitrogen and oxygen atoms in total. The van der Waals surface area contributed by atoms with Crippen molar-refractivity contribution in [3.63, 3.8) is 0 Å². The van der Waals surface area contributed by atoms with Crippen molar-refractivity contribution in [1.82, 2.24) is 14.3 Å². The smallest absolute Gasteiger partial charge is 0.257 e. The second-order valence-corrected chi connectivity index (χ2v) is 8.03. The van der Waals surface area contributed by atoms with Gasteiger partial charge in [0.15, 0.2) is 0 Å². The van der Waals surface area contributed by atoms with E-state index in [1.54, 1.807) is 11.0 Å². The number of aromatic nitrogens is 2. The third-order valence-corrected chi connectivity index (χ3v) is 6.52. The lowest BCUT2D eigenvalue weighted by molar-refractivity contribution is 0.0765. The Kier molecular flexibility index (Phi) is 3.82. The van der Waals surface area contributed by atoms with Crippen LogP contribution in [0.25, 0.3) is 5.65 Å². The number of carbonyl (C=O) groups excluding carboxylic acids is 1. The highest BCUT2D eigenvalue weighted by atomic mass is 16.3. The van der Waals surface area contributed by atoms with Crippen molar-refractivity contribution in [2.24, 2.45) is 11.3 Å². The SMILES string of the molecule is Cc1cn2cccc(C(=O)N3C[C@@H](O)[C@@]4(C3)[C@H](CO)[C@H]4c3ccccc3)c2n1. The minimum absolute atomic E-state index is 0.00763. The number of imidazole rings is 1. The van der Waals surface area contributed by atoms with Gasteiger partial charge in [0.2, 0.25) is 0 Å². The van der Waals surface area contributed by atoms with Gasteiger partial charge in [0.25, 0.3) is 5.91 Å². The highest BCUT2D eigenvalue weighted by molar-refractivity contribution is 6.00. The van der Waals surface area contributed by atoms with Crippen LogP contribution in [-0.4, -0.2) is 56.2 Å². The number of likely N-dealkylation sites (tertiary alicyclic amines) is 1. The van der Waals surface area contributed by atoms with E-state index in [-0.39, 0.29) is 30.9 Å². The van der Waals surface area contributed by atoms with Gasteiger partial charge < -0.3 is 19.5 Å². The van der Waals surface area contributed by atoms with Crippen molar-refractivity contribution in [3.05, 3.63) is 71.7 Å². The molecule has 1 saturated carbocycles. The Morgan fingerprint density at radius 3 is 2.79 bits per heavy atom. The summed E-state index contributed by atoms with van der Waals surface area (Å²) in [6, 6.07) is 13.6. The Morgan fingerprint density at radius 2 is 2.04 bits per heavy atom. The Labute approximate surface area is 163 Å². The Hall–Kier alpha value is -2.70. The molecule has 2 N–H and O–H groups in total. The van der Waals surface area contributed by atoms with Gasteiger partial charge in [-0.05, 0) is 36.5 Å². The molecule has 1 aromatic carbocycles. The van der Waals surface area contributed by atoms with E-state index in [0.717, 1.165) is 11.3 Å². The number of carbonyl (C=O) groups is 1. The van der Waals surface area contributed by atoms with Crippen molar-refractivity contribution < 1.29 is 15.0 Å². The van der Waals surface area contributed by atoms with Crippen LogP contribution in [0.4, 0.5) is 0 Å². The second kappa shape index (κ2) is 6.15. The topological polar surface area (TPSA) is 78.1 Å². The first-order chi connectivity index (χ1) is 13.6. The maximum Gasteiger partial charge on any atom is 0.257 e. The number of amides is 1. The summed E-state index contributed by atoms with van der Waals surface area (Å²) in [5, 5.41) is 20.8. The zero-order valence-electron chi connectivity index (χ0n) is 15.7. The van der Waals surface area contributed by atoms with Gasteiger partial charge in [-0.15, -0.1) is 0 Å². The first kappa shape index (κ1) is 17.4. The lowest BCUT2D eigenvalue weighted by Crippen LogP contribution is -2.30. The van der Waals surface area contributed by atoms with Gasteiger partial charge in [-0.1, -0.05) is 30.3 Å². The quantitative estimate of drug-likeness (QED) is 0.730. The molecular formula is C22H23N3O3. The van der Waals surface area contributed by atoms with Crippen LogP contribution < -0.4 is 0 Å². The van der Waals surface area contributed by atoms with Crippen molar-refractivity contribution in [2.75, 3.05) is 19.7 Å². The summed E-state index contributed by atoms with van der Waals surface area (Å²) in [7, 11) is 0. The molecule has 1 aliphatic carbocycles. The molecule has 1 spiro atoms. The molecule has 3 heterocycles. The summed E-state index contributed by atoms with van der Waals surface area (Å²) in [5.41, 5.74) is 2.67. The molecule has 28 heavy (non-hydrogen) atoms. The Morgan fingerprint density at radius 1 is 1.25 bits per heavy atom. The second-order valence-electron chi connectivity index (χ2n) is 8.03. The number of aliphatic hydroxyl groups excluding tert-OH is 2. The molecular weight excluding hydrogens is 354 g/mol. The van der Waals surface area contributed by atoms with Crippen LogP contribution in [0, 0.1) is 18.3 Å². The molecule has 144 valence electrons. The van der Waals surface area contributed by atoms with Crippen LogP contribution >= 0.6 is 0 Å². The van der Waals surface area contributed by atoms with E-state index in [1.807, 2.05) is 60.1 Å². The number of hydrogen-bond acceptors (Lipinski definition) is 4. The largest absolute Gasteiger partial charge is 0.396 e. The number of aliphatic hydroxyl groups is 2. The zero-order chi connectivity index (χ0) is 19.5. The van der Waals surface area contributed by atoms with Crippen molar-refractivity contribution in [1.29, 1.82) is 0 Å². The average molecular weight is 377 g/mol. The van der Waals surface area contributed by atoms with Gasteiger partial charge >= 0.3 is 0 Å². The lowest BCUT2D eigenvalue weighted by atomic mass is 9.95. The molecule has 1 aliphatic heterocycles. The van der Waals surface area contributed by atoms with Gasteiger partial charge in [0.1, 0.15) is 5.65 Å². The van der Waals surface area contributed by atoms with E-state index >= 15 is 0 Å². The molecule has 2 aromatic heterocycles. The van der Waals surface area contributed by atoms with Crippen molar-refractivity contribution in [3.8, 4) is 0 Å². The van der Waals surface area contributed by atoms with E-state index in [0.29, 0.717) is 17.8 Å². The molecule has 0 radical (unpaired) electrons. The fourth-order valence-corrected chi connectivity index (χ4v) is 5.20. The molecule has 1 amide bonds. The van der Waals surface area contributed by atoms with Gasteiger partial charge in [-0.2, -0.15) is 0 Å². The van der Waals surface area contributed by atoms with E-state index < -0.39 is 11.5 Å². The molecule has 3 aromatic rings. The molecule has 2 aliphatic rings. The maximum atomic E-state index is 13.3.